The average molecular weight is 263 g/mol. The Labute approximate surface area is 109 Å². The monoisotopic (exact) mass is 263 g/mol. The number of thiazole rings is 1. The molecule has 0 aliphatic carbocycles. The smallest absolute Gasteiger partial charge is 0.365 e. The van der Waals surface area contributed by atoms with Gasteiger partial charge in [0.25, 0.3) is 0 Å². The van der Waals surface area contributed by atoms with E-state index in [4.69, 9.17) is 9.84 Å². The zero-order valence-corrected chi connectivity index (χ0v) is 11.0. The van der Waals surface area contributed by atoms with Crippen molar-refractivity contribution >= 4 is 17.3 Å². The highest BCUT2D eigenvalue weighted by atomic mass is 32.1. The Morgan fingerprint density at radius 2 is 2.06 bits per heavy atom. The van der Waals surface area contributed by atoms with Crippen LogP contribution in [0.3, 0.4) is 0 Å². The highest BCUT2D eigenvalue weighted by Crippen LogP contribution is 2.31. The Hall–Kier alpha value is -1.88. The van der Waals surface area contributed by atoms with Crippen molar-refractivity contribution in [3.05, 3.63) is 35.0 Å². The van der Waals surface area contributed by atoms with E-state index in [-0.39, 0.29) is 5.01 Å². The molecule has 0 fully saturated rings. The molecule has 5 heteroatoms. The van der Waals surface area contributed by atoms with Crippen LogP contribution in [-0.2, 0) is 0 Å². The highest BCUT2D eigenvalue weighted by Gasteiger charge is 2.14. The molecule has 2 aromatic rings. The number of carboxylic acids is 1. The maximum Gasteiger partial charge on any atom is 0.365 e. The molecule has 0 unspecified atom stereocenters. The molecule has 0 saturated heterocycles. The van der Waals surface area contributed by atoms with E-state index < -0.39 is 5.97 Å². The van der Waals surface area contributed by atoms with Gasteiger partial charge in [0.05, 0.1) is 17.2 Å². The summed E-state index contributed by atoms with van der Waals surface area (Å²) in [5.41, 5.74) is 1.70. The van der Waals surface area contributed by atoms with E-state index in [0.29, 0.717) is 6.61 Å². The molecule has 0 bridgehead atoms. The molecule has 2 rings (SSSR count). The third-order valence-corrected chi connectivity index (χ3v) is 3.60. The number of carboxylic acid groups (broad SMARTS) is 1. The molecule has 1 heterocycles. The molecule has 0 saturated carbocycles. The zero-order valence-electron chi connectivity index (χ0n) is 10.1. The van der Waals surface area contributed by atoms with Gasteiger partial charge >= 0.3 is 5.97 Å². The predicted octanol–water partition coefficient (Wildman–Crippen LogP) is 3.22. The lowest BCUT2D eigenvalue weighted by Crippen LogP contribution is -1.93. The van der Waals surface area contributed by atoms with Crippen LogP contribution in [-0.4, -0.2) is 22.7 Å². The minimum Gasteiger partial charge on any atom is -0.494 e. The number of benzene rings is 1. The summed E-state index contributed by atoms with van der Waals surface area (Å²) in [5, 5.41) is 9.03. The average Bonchev–Trinajstić information content (AvgIpc) is 2.73. The number of hydrogen-bond acceptors (Lipinski definition) is 4. The molecule has 4 nitrogen and oxygen atoms in total. The van der Waals surface area contributed by atoms with E-state index in [1.54, 1.807) is 0 Å². The number of hydrogen-bond donors (Lipinski definition) is 1. The van der Waals surface area contributed by atoms with Crippen molar-refractivity contribution in [2.24, 2.45) is 0 Å². The Morgan fingerprint density at radius 3 is 2.56 bits per heavy atom. The summed E-state index contributed by atoms with van der Waals surface area (Å²) in [5.74, 6) is -0.179. The van der Waals surface area contributed by atoms with Crippen LogP contribution in [0.2, 0.25) is 0 Å². The lowest BCUT2D eigenvalue weighted by molar-refractivity contribution is 0.0696. The van der Waals surface area contributed by atoms with Gasteiger partial charge in [0, 0.05) is 0 Å². The van der Waals surface area contributed by atoms with E-state index in [1.807, 2.05) is 38.1 Å². The molecule has 0 radical (unpaired) electrons. The summed E-state index contributed by atoms with van der Waals surface area (Å²) in [6, 6.07) is 7.57. The number of carbonyl (C=O) groups is 1. The van der Waals surface area contributed by atoms with Crippen molar-refractivity contribution in [2.45, 2.75) is 13.8 Å². The van der Waals surface area contributed by atoms with Gasteiger partial charge in [0.15, 0.2) is 0 Å². The first kappa shape index (κ1) is 12.6. The predicted molar refractivity (Wildman–Crippen MR) is 70.4 cm³/mol. The lowest BCUT2D eigenvalue weighted by atomic mass is 10.1. The molecule has 0 aliphatic heterocycles. The fraction of sp³-hybridized carbons (Fsp3) is 0.231. The summed E-state index contributed by atoms with van der Waals surface area (Å²) in [7, 11) is 0. The largest absolute Gasteiger partial charge is 0.494 e. The number of ether oxygens (including phenoxy) is 1. The SMILES string of the molecule is CCOc1ccc(-c2sc(C(=O)O)nc2C)cc1. The minimum absolute atomic E-state index is 0.122. The van der Waals surface area contributed by atoms with Gasteiger partial charge in [-0.1, -0.05) is 0 Å². The molecule has 0 amide bonds. The number of rotatable bonds is 4. The summed E-state index contributed by atoms with van der Waals surface area (Å²) >= 11 is 1.19. The number of nitrogens with zero attached hydrogens (tertiary/aromatic N) is 1. The summed E-state index contributed by atoms with van der Waals surface area (Å²) in [6.45, 7) is 4.37. The van der Waals surface area contributed by atoms with Crippen molar-refractivity contribution in [1.82, 2.24) is 4.98 Å². The molecule has 1 aromatic carbocycles. The molecule has 18 heavy (non-hydrogen) atoms. The number of aryl methyl sites for hydroxylation is 1. The van der Waals surface area contributed by atoms with Crippen LogP contribution in [0.5, 0.6) is 5.75 Å². The summed E-state index contributed by atoms with van der Waals surface area (Å²) < 4.78 is 5.36. The third-order valence-electron chi connectivity index (χ3n) is 2.41. The lowest BCUT2D eigenvalue weighted by Gasteiger charge is -2.03. The van der Waals surface area contributed by atoms with Gasteiger partial charge < -0.3 is 9.84 Å². The minimum atomic E-state index is -0.986. The van der Waals surface area contributed by atoms with Crippen molar-refractivity contribution in [2.75, 3.05) is 6.61 Å². The van der Waals surface area contributed by atoms with Gasteiger partial charge in [-0.2, -0.15) is 0 Å². The third kappa shape index (κ3) is 2.51. The fourth-order valence-corrected chi connectivity index (χ4v) is 2.54. The second kappa shape index (κ2) is 5.18. The maximum absolute atomic E-state index is 10.9. The molecule has 0 aliphatic rings. The van der Waals surface area contributed by atoms with Crippen molar-refractivity contribution < 1.29 is 14.6 Å². The van der Waals surface area contributed by atoms with E-state index in [1.165, 1.54) is 11.3 Å². The second-order valence-corrected chi connectivity index (χ2v) is 4.70. The van der Waals surface area contributed by atoms with Gasteiger partial charge in [-0.15, -0.1) is 11.3 Å². The number of aromatic carboxylic acids is 1. The van der Waals surface area contributed by atoms with E-state index >= 15 is 0 Å². The molecule has 0 spiro atoms. The van der Waals surface area contributed by atoms with Crippen LogP contribution in [0.15, 0.2) is 24.3 Å². The first-order valence-electron chi connectivity index (χ1n) is 5.55. The Morgan fingerprint density at radius 1 is 1.39 bits per heavy atom. The van der Waals surface area contributed by atoms with Crippen LogP contribution in [0, 0.1) is 6.92 Å². The quantitative estimate of drug-likeness (QED) is 0.920. The van der Waals surface area contributed by atoms with Crippen LogP contribution >= 0.6 is 11.3 Å². The van der Waals surface area contributed by atoms with Crippen molar-refractivity contribution in [3.63, 3.8) is 0 Å². The first-order valence-corrected chi connectivity index (χ1v) is 6.37. The van der Waals surface area contributed by atoms with Crippen molar-refractivity contribution in [3.8, 4) is 16.2 Å². The molecule has 94 valence electrons. The van der Waals surface area contributed by atoms with Crippen LogP contribution in [0.4, 0.5) is 0 Å². The van der Waals surface area contributed by atoms with Crippen molar-refractivity contribution in [1.29, 1.82) is 0 Å². The van der Waals surface area contributed by atoms with Gasteiger partial charge in [-0.25, -0.2) is 9.78 Å². The second-order valence-electron chi connectivity index (χ2n) is 3.70. The normalized spacial score (nSPS) is 10.3. The van der Waals surface area contributed by atoms with Gasteiger partial charge in [-0.3, -0.25) is 0 Å². The molecule has 1 N–H and O–H groups in total. The van der Waals surface area contributed by atoms with Crippen LogP contribution < -0.4 is 4.74 Å². The fourth-order valence-electron chi connectivity index (χ4n) is 1.62. The highest BCUT2D eigenvalue weighted by molar-refractivity contribution is 7.17. The summed E-state index contributed by atoms with van der Waals surface area (Å²) in [4.78, 5) is 15.8. The zero-order chi connectivity index (χ0) is 13.1. The Balaban J connectivity index is 2.33. The molecular weight excluding hydrogens is 250 g/mol. The Bertz CT molecular complexity index is 560. The first-order chi connectivity index (χ1) is 8.61. The van der Waals surface area contributed by atoms with Gasteiger partial charge in [0.1, 0.15) is 5.75 Å². The Kier molecular flexibility index (Phi) is 3.62. The number of aromatic nitrogens is 1. The van der Waals surface area contributed by atoms with Crippen LogP contribution in [0.25, 0.3) is 10.4 Å². The summed E-state index contributed by atoms with van der Waals surface area (Å²) in [6.07, 6.45) is 0. The van der Waals surface area contributed by atoms with Crippen LogP contribution in [0.1, 0.15) is 22.4 Å². The van der Waals surface area contributed by atoms with Gasteiger partial charge in [-0.05, 0) is 43.7 Å². The maximum atomic E-state index is 10.9. The molecule has 0 atom stereocenters. The standard InChI is InChI=1S/C13H13NO3S/c1-3-17-10-6-4-9(5-7-10)11-8(2)14-12(18-11)13(15)16/h4-7H,3H2,1-2H3,(H,15,16). The van der Waals surface area contributed by atoms with Gasteiger partial charge in [0.2, 0.25) is 5.01 Å². The molecule has 1 aromatic heterocycles. The van der Waals surface area contributed by atoms with E-state index in [2.05, 4.69) is 4.98 Å². The molecular formula is C13H13NO3S. The van der Waals surface area contributed by atoms with E-state index in [0.717, 1.165) is 21.9 Å². The van der Waals surface area contributed by atoms with E-state index in [9.17, 15) is 4.79 Å². The topological polar surface area (TPSA) is 59.4 Å².